The number of aliphatic hydroxyl groups is 1. The quantitative estimate of drug-likeness (QED) is 0.796. The molecule has 0 aliphatic rings. The lowest BCUT2D eigenvalue weighted by Gasteiger charge is -2.02. The summed E-state index contributed by atoms with van der Waals surface area (Å²) in [6.45, 7) is 0.00690. The number of hydrogen-bond acceptors (Lipinski definition) is 3. The molecule has 0 amide bonds. The molecule has 1 heterocycles. The van der Waals surface area contributed by atoms with Gasteiger partial charge in [-0.15, -0.1) is 11.3 Å². The van der Waals surface area contributed by atoms with Gasteiger partial charge in [0.05, 0.1) is 16.4 Å². The van der Waals surface area contributed by atoms with Gasteiger partial charge in [-0.3, -0.25) is 0 Å². The highest BCUT2D eigenvalue weighted by Crippen LogP contribution is 2.25. The van der Waals surface area contributed by atoms with E-state index in [1.807, 2.05) is 12.1 Å². The number of nitrogens with two attached hydrogens (primary N) is 1. The van der Waals surface area contributed by atoms with Crippen LogP contribution in [0.25, 0.3) is 0 Å². The summed E-state index contributed by atoms with van der Waals surface area (Å²) < 4.78 is 1.05. The summed E-state index contributed by atoms with van der Waals surface area (Å²) in [7, 11) is 0. The molecule has 4 heteroatoms. The molecule has 0 aliphatic carbocycles. The average Bonchev–Trinajstić information content (AvgIpc) is 2.34. The maximum absolute atomic E-state index is 8.66. The normalized spacial score (nSPS) is 13.5. The second kappa shape index (κ2) is 3.48. The Morgan fingerprint density at radius 2 is 2.40 bits per heavy atom. The molecule has 56 valence electrons. The third kappa shape index (κ3) is 1.79. The first kappa shape index (κ1) is 8.20. The van der Waals surface area contributed by atoms with Crippen LogP contribution in [-0.2, 0) is 0 Å². The topological polar surface area (TPSA) is 46.2 Å². The zero-order valence-electron chi connectivity index (χ0n) is 5.25. The van der Waals surface area contributed by atoms with E-state index in [9.17, 15) is 0 Å². The van der Waals surface area contributed by atoms with E-state index >= 15 is 0 Å². The maximum Gasteiger partial charge on any atom is 0.0702 e. The van der Waals surface area contributed by atoms with Crippen molar-refractivity contribution in [3.8, 4) is 0 Å². The van der Waals surface area contributed by atoms with Crippen molar-refractivity contribution in [2.24, 2.45) is 5.73 Å². The molecule has 0 radical (unpaired) electrons. The van der Waals surface area contributed by atoms with E-state index < -0.39 is 0 Å². The van der Waals surface area contributed by atoms with Gasteiger partial charge in [0.25, 0.3) is 0 Å². The summed E-state index contributed by atoms with van der Waals surface area (Å²) in [5.74, 6) is 0. The van der Waals surface area contributed by atoms with E-state index in [0.717, 1.165) is 8.66 Å². The smallest absolute Gasteiger partial charge is 0.0702 e. The van der Waals surface area contributed by atoms with Gasteiger partial charge in [-0.25, -0.2) is 0 Å². The second-order valence-corrected chi connectivity index (χ2v) is 4.43. The fourth-order valence-corrected chi connectivity index (χ4v) is 2.03. The van der Waals surface area contributed by atoms with Crippen LogP contribution in [0, 0.1) is 0 Å². The van der Waals surface area contributed by atoms with Crippen molar-refractivity contribution in [1.29, 1.82) is 0 Å². The van der Waals surface area contributed by atoms with Gasteiger partial charge in [0, 0.05) is 4.88 Å². The largest absolute Gasteiger partial charge is 0.394 e. The standard InChI is InChI=1S/C6H8BrNOS/c7-6-2-1-5(10-6)4(8)3-9/h1-2,4,9H,3,8H2/t4-/m1/s1. The van der Waals surface area contributed by atoms with Gasteiger partial charge in [-0.1, -0.05) is 0 Å². The molecule has 1 atom stereocenters. The first-order chi connectivity index (χ1) is 4.74. The third-order valence-corrected chi connectivity index (χ3v) is 2.91. The van der Waals surface area contributed by atoms with Crippen molar-refractivity contribution in [2.75, 3.05) is 6.61 Å². The summed E-state index contributed by atoms with van der Waals surface area (Å²) in [4.78, 5) is 1.01. The number of halogens is 1. The van der Waals surface area contributed by atoms with Gasteiger partial charge in [0.15, 0.2) is 0 Å². The minimum Gasteiger partial charge on any atom is -0.394 e. The van der Waals surface area contributed by atoms with Crippen molar-refractivity contribution in [2.45, 2.75) is 6.04 Å². The van der Waals surface area contributed by atoms with E-state index in [2.05, 4.69) is 15.9 Å². The molecule has 0 saturated heterocycles. The molecule has 1 aromatic rings. The van der Waals surface area contributed by atoms with Crippen LogP contribution in [0.3, 0.4) is 0 Å². The van der Waals surface area contributed by atoms with Gasteiger partial charge in [-0.2, -0.15) is 0 Å². The Bertz CT molecular complexity index is 213. The average molecular weight is 222 g/mol. The molecule has 0 spiro atoms. The second-order valence-electron chi connectivity index (χ2n) is 1.93. The first-order valence-corrected chi connectivity index (χ1v) is 4.46. The zero-order chi connectivity index (χ0) is 7.56. The van der Waals surface area contributed by atoms with Crippen LogP contribution in [0.4, 0.5) is 0 Å². The molecule has 2 nitrogen and oxygen atoms in total. The molecule has 0 saturated carbocycles. The van der Waals surface area contributed by atoms with E-state index in [1.165, 1.54) is 0 Å². The minimum atomic E-state index is -0.226. The van der Waals surface area contributed by atoms with Gasteiger partial charge >= 0.3 is 0 Å². The molecule has 3 N–H and O–H groups in total. The number of rotatable bonds is 2. The van der Waals surface area contributed by atoms with Crippen molar-refractivity contribution < 1.29 is 5.11 Å². The van der Waals surface area contributed by atoms with E-state index in [0.29, 0.717) is 0 Å². The predicted molar refractivity (Wildman–Crippen MR) is 46.0 cm³/mol. The summed E-state index contributed by atoms with van der Waals surface area (Å²) in [6, 6.07) is 3.61. The first-order valence-electron chi connectivity index (χ1n) is 2.85. The number of hydrogen-bond donors (Lipinski definition) is 2. The van der Waals surface area contributed by atoms with Gasteiger partial charge in [0.2, 0.25) is 0 Å². The Hall–Kier alpha value is 0.1000. The van der Waals surface area contributed by atoms with Crippen LogP contribution in [0.5, 0.6) is 0 Å². The number of aliphatic hydroxyl groups excluding tert-OH is 1. The molecular weight excluding hydrogens is 214 g/mol. The Balaban J connectivity index is 2.74. The Labute approximate surface area is 71.8 Å². The van der Waals surface area contributed by atoms with Crippen molar-refractivity contribution in [3.63, 3.8) is 0 Å². The van der Waals surface area contributed by atoms with Gasteiger partial charge in [-0.05, 0) is 28.1 Å². The Morgan fingerprint density at radius 3 is 2.80 bits per heavy atom. The van der Waals surface area contributed by atoms with Crippen LogP contribution in [0.1, 0.15) is 10.9 Å². The highest BCUT2D eigenvalue weighted by molar-refractivity contribution is 9.11. The van der Waals surface area contributed by atoms with E-state index in [-0.39, 0.29) is 12.6 Å². The minimum absolute atomic E-state index is 0.00690. The zero-order valence-corrected chi connectivity index (χ0v) is 7.65. The van der Waals surface area contributed by atoms with Crippen LogP contribution in [0.2, 0.25) is 0 Å². The predicted octanol–water partition coefficient (Wildman–Crippen LogP) is 1.50. The lowest BCUT2D eigenvalue weighted by Crippen LogP contribution is -2.12. The lowest BCUT2D eigenvalue weighted by molar-refractivity contribution is 0.269. The molecule has 0 fully saturated rings. The molecule has 1 rings (SSSR count). The molecule has 0 unspecified atom stereocenters. The monoisotopic (exact) mass is 221 g/mol. The van der Waals surface area contributed by atoms with Crippen molar-refractivity contribution in [3.05, 3.63) is 20.8 Å². The molecular formula is C6H8BrNOS. The third-order valence-electron chi connectivity index (χ3n) is 1.16. The lowest BCUT2D eigenvalue weighted by atomic mass is 10.3. The van der Waals surface area contributed by atoms with Gasteiger partial charge < -0.3 is 10.8 Å². The summed E-state index contributed by atoms with van der Waals surface area (Å²) >= 11 is 4.86. The summed E-state index contributed by atoms with van der Waals surface area (Å²) in [5, 5.41) is 8.66. The molecule has 0 bridgehead atoms. The molecule has 1 aromatic heterocycles. The van der Waals surface area contributed by atoms with Crippen LogP contribution in [-0.4, -0.2) is 11.7 Å². The maximum atomic E-state index is 8.66. The summed E-state index contributed by atoms with van der Waals surface area (Å²) in [6.07, 6.45) is 0. The molecule has 0 aromatic carbocycles. The fraction of sp³-hybridized carbons (Fsp3) is 0.333. The molecule has 10 heavy (non-hydrogen) atoms. The van der Waals surface area contributed by atoms with Gasteiger partial charge in [0.1, 0.15) is 0 Å². The van der Waals surface area contributed by atoms with Crippen molar-refractivity contribution >= 4 is 27.3 Å². The number of thiophene rings is 1. The fourth-order valence-electron chi connectivity index (χ4n) is 0.618. The Morgan fingerprint density at radius 1 is 1.70 bits per heavy atom. The Kier molecular flexibility index (Phi) is 2.85. The van der Waals surface area contributed by atoms with Crippen LogP contribution >= 0.6 is 27.3 Å². The highest BCUT2D eigenvalue weighted by Gasteiger charge is 2.05. The summed E-state index contributed by atoms with van der Waals surface area (Å²) in [5.41, 5.74) is 5.55. The van der Waals surface area contributed by atoms with Crippen LogP contribution < -0.4 is 5.73 Å². The highest BCUT2D eigenvalue weighted by atomic mass is 79.9. The van der Waals surface area contributed by atoms with Crippen LogP contribution in [0.15, 0.2) is 15.9 Å². The molecule has 0 aliphatic heterocycles. The van der Waals surface area contributed by atoms with E-state index in [4.69, 9.17) is 10.8 Å². The van der Waals surface area contributed by atoms with E-state index in [1.54, 1.807) is 11.3 Å². The van der Waals surface area contributed by atoms with Crippen molar-refractivity contribution in [1.82, 2.24) is 0 Å². The SMILES string of the molecule is N[C@H](CO)c1ccc(Br)s1.